The monoisotopic (exact) mass is 184 g/mol. The van der Waals surface area contributed by atoms with Gasteiger partial charge in [0.25, 0.3) is 0 Å². The van der Waals surface area contributed by atoms with E-state index in [4.69, 9.17) is 9.84 Å². The molecule has 0 amide bonds. The van der Waals surface area contributed by atoms with Crippen LogP contribution in [-0.2, 0) is 11.3 Å². The molecule has 5 heteroatoms. The molecule has 0 atom stereocenters. The first-order valence-corrected chi connectivity index (χ1v) is 3.86. The van der Waals surface area contributed by atoms with E-state index >= 15 is 0 Å². The molecule has 1 heterocycles. The molecule has 0 saturated heterocycles. The van der Waals surface area contributed by atoms with Crippen molar-refractivity contribution >= 4 is 5.97 Å². The molecule has 0 aliphatic rings. The summed E-state index contributed by atoms with van der Waals surface area (Å²) in [5.41, 5.74) is 1.45. The predicted octanol–water partition coefficient (Wildman–Crippen LogP) is 0.593. The number of aromatic nitrogens is 2. The van der Waals surface area contributed by atoms with E-state index < -0.39 is 5.97 Å². The van der Waals surface area contributed by atoms with Crippen LogP contribution in [0.1, 0.15) is 11.4 Å². The van der Waals surface area contributed by atoms with Gasteiger partial charge in [-0.25, -0.2) is 0 Å². The van der Waals surface area contributed by atoms with Crippen LogP contribution < -0.4 is 4.74 Å². The van der Waals surface area contributed by atoms with Crippen LogP contribution in [0.4, 0.5) is 0 Å². The lowest BCUT2D eigenvalue weighted by molar-refractivity contribution is -0.137. The van der Waals surface area contributed by atoms with Crippen molar-refractivity contribution in [2.24, 2.45) is 0 Å². The summed E-state index contributed by atoms with van der Waals surface area (Å²) < 4.78 is 6.47. The first kappa shape index (κ1) is 9.57. The van der Waals surface area contributed by atoms with E-state index in [1.807, 2.05) is 0 Å². The quantitative estimate of drug-likeness (QED) is 0.746. The number of aryl methyl sites for hydroxylation is 1. The van der Waals surface area contributed by atoms with E-state index in [2.05, 4.69) is 5.10 Å². The smallest absolute Gasteiger partial charge is 0.325 e. The van der Waals surface area contributed by atoms with Gasteiger partial charge in [-0.3, -0.25) is 9.48 Å². The molecule has 0 bridgehead atoms. The van der Waals surface area contributed by atoms with Gasteiger partial charge in [0.1, 0.15) is 12.2 Å². The van der Waals surface area contributed by atoms with Crippen molar-refractivity contribution in [1.29, 1.82) is 0 Å². The van der Waals surface area contributed by atoms with Crippen molar-refractivity contribution in [1.82, 2.24) is 9.78 Å². The van der Waals surface area contributed by atoms with Crippen LogP contribution >= 0.6 is 0 Å². The molecular weight excluding hydrogens is 172 g/mol. The molecule has 72 valence electrons. The summed E-state index contributed by atoms with van der Waals surface area (Å²) in [7, 11) is 1.54. The number of aliphatic carboxylic acids is 1. The Morgan fingerprint density at radius 2 is 2.23 bits per heavy atom. The van der Waals surface area contributed by atoms with E-state index in [9.17, 15) is 4.79 Å². The van der Waals surface area contributed by atoms with Crippen molar-refractivity contribution in [3.05, 3.63) is 11.4 Å². The van der Waals surface area contributed by atoms with Gasteiger partial charge in [0.15, 0.2) is 5.75 Å². The molecule has 0 aromatic carbocycles. The molecule has 0 radical (unpaired) electrons. The topological polar surface area (TPSA) is 64.4 Å². The Morgan fingerprint density at radius 3 is 2.62 bits per heavy atom. The van der Waals surface area contributed by atoms with Gasteiger partial charge in [-0.15, -0.1) is 0 Å². The summed E-state index contributed by atoms with van der Waals surface area (Å²) in [6.45, 7) is 3.43. The Labute approximate surface area is 75.9 Å². The second-order valence-corrected chi connectivity index (χ2v) is 2.76. The van der Waals surface area contributed by atoms with Crippen molar-refractivity contribution in [3.8, 4) is 5.75 Å². The third-order valence-corrected chi connectivity index (χ3v) is 1.80. The summed E-state index contributed by atoms with van der Waals surface area (Å²) in [4.78, 5) is 10.4. The number of nitrogens with zero attached hydrogens (tertiary/aromatic N) is 2. The van der Waals surface area contributed by atoms with E-state index in [1.165, 1.54) is 4.68 Å². The molecule has 0 fully saturated rings. The number of ether oxygens (including phenoxy) is 1. The number of methoxy groups -OCH3 is 1. The number of carboxylic acids is 1. The maximum atomic E-state index is 10.4. The Kier molecular flexibility index (Phi) is 2.55. The number of rotatable bonds is 3. The van der Waals surface area contributed by atoms with Gasteiger partial charge in [-0.05, 0) is 13.8 Å². The molecule has 0 aliphatic carbocycles. The molecule has 1 aromatic rings. The molecule has 0 saturated carbocycles. The molecule has 5 nitrogen and oxygen atoms in total. The molecule has 0 spiro atoms. The highest BCUT2D eigenvalue weighted by molar-refractivity contribution is 5.66. The summed E-state index contributed by atoms with van der Waals surface area (Å²) in [6.07, 6.45) is 0. The standard InChI is InChI=1S/C8H12N2O3/c1-5-8(13-3)6(2)10(9-5)4-7(11)12/h4H2,1-3H3,(H,11,12). The fourth-order valence-corrected chi connectivity index (χ4v) is 1.26. The van der Waals surface area contributed by atoms with Gasteiger partial charge in [-0.2, -0.15) is 5.10 Å². The first-order valence-electron chi connectivity index (χ1n) is 3.86. The van der Waals surface area contributed by atoms with Crippen molar-refractivity contribution in [3.63, 3.8) is 0 Å². The molecular formula is C8H12N2O3. The van der Waals surface area contributed by atoms with Crippen LogP contribution in [0, 0.1) is 13.8 Å². The summed E-state index contributed by atoms with van der Waals surface area (Å²) in [5.74, 6) is -0.255. The van der Waals surface area contributed by atoms with Crippen LogP contribution in [-0.4, -0.2) is 28.0 Å². The summed E-state index contributed by atoms with van der Waals surface area (Å²) >= 11 is 0. The van der Waals surface area contributed by atoms with E-state index in [1.54, 1.807) is 21.0 Å². The van der Waals surface area contributed by atoms with Gasteiger partial charge < -0.3 is 9.84 Å². The highest BCUT2D eigenvalue weighted by Crippen LogP contribution is 2.21. The normalized spacial score (nSPS) is 10.1. The SMILES string of the molecule is COc1c(C)nn(CC(=O)O)c1C. The number of carbonyl (C=O) groups is 1. The van der Waals surface area contributed by atoms with Crippen molar-refractivity contribution in [2.45, 2.75) is 20.4 Å². The van der Waals surface area contributed by atoms with Crippen LogP contribution in [0.3, 0.4) is 0 Å². The Balaban J connectivity index is 3.03. The van der Waals surface area contributed by atoms with Crippen LogP contribution in [0.25, 0.3) is 0 Å². The molecule has 1 rings (SSSR count). The van der Waals surface area contributed by atoms with Crippen LogP contribution in [0.5, 0.6) is 5.75 Å². The highest BCUT2D eigenvalue weighted by atomic mass is 16.5. The first-order chi connectivity index (χ1) is 6.06. The largest absolute Gasteiger partial charge is 0.493 e. The van der Waals surface area contributed by atoms with E-state index in [-0.39, 0.29) is 6.54 Å². The van der Waals surface area contributed by atoms with Gasteiger partial charge >= 0.3 is 5.97 Å². The second kappa shape index (κ2) is 3.47. The maximum absolute atomic E-state index is 10.4. The number of hydrogen-bond donors (Lipinski definition) is 1. The Morgan fingerprint density at radius 1 is 1.62 bits per heavy atom. The van der Waals surface area contributed by atoms with Crippen LogP contribution in [0.2, 0.25) is 0 Å². The molecule has 0 unspecified atom stereocenters. The van der Waals surface area contributed by atoms with Crippen LogP contribution in [0.15, 0.2) is 0 Å². The minimum absolute atomic E-state index is 0.129. The zero-order chi connectivity index (χ0) is 10.0. The van der Waals surface area contributed by atoms with Crippen molar-refractivity contribution in [2.75, 3.05) is 7.11 Å². The van der Waals surface area contributed by atoms with E-state index in [0.29, 0.717) is 11.4 Å². The molecule has 1 N–H and O–H groups in total. The van der Waals surface area contributed by atoms with Gasteiger partial charge in [0, 0.05) is 0 Å². The minimum atomic E-state index is -0.909. The predicted molar refractivity (Wildman–Crippen MR) is 45.9 cm³/mol. The highest BCUT2D eigenvalue weighted by Gasteiger charge is 2.12. The van der Waals surface area contributed by atoms with E-state index in [0.717, 1.165) is 5.69 Å². The number of carboxylic acid groups (broad SMARTS) is 1. The van der Waals surface area contributed by atoms with Gasteiger partial charge in [0.2, 0.25) is 0 Å². The Hall–Kier alpha value is -1.52. The Bertz CT molecular complexity index is 330. The average Bonchev–Trinajstić information content (AvgIpc) is 2.26. The maximum Gasteiger partial charge on any atom is 0.325 e. The molecule has 13 heavy (non-hydrogen) atoms. The van der Waals surface area contributed by atoms with Crippen molar-refractivity contribution < 1.29 is 14.6 Å². The fraction of sp³-hybridized carbons (Fsp3) is 0.500. The fourth-order valence-electron chi connectivity index (χ4n) is 1.26. The molecule has 1 aromatic heterocycles. The molecule has 0 aliphatic heterocycles. The number of hydrogen-bond acceptors (Lipinski definition) is 3. The zero-order valence-corrected chi connectivity index (χ0v) is 7.87. The second-order valence-electron chi connectivity index (χ2n) is 2.76. The minimum Gasteiger partial charge on any atom is -0.493 e. The summed E-state index contributed by atoms with van der Waals surface area (Å²) in [6, 6.07) is 0. The zero-order valence-electron chi connectivity index (χ0n) is 7.87. The van der Waals surface area contributed by atoms with Gasteiger partial charge in [-0.1, -0.05) is 0 Å². The third-order valence-electron chi connectivity index (χ3n) is 1.80. The van der Waals surface area contributed by atoms with Gasteiger partial charge in [0.05, 0.1) is 12.8 Å². The average molecular weight is 184 g/mol. The lowest BCUT2D eigenvalue weighted by atomic mass is 10.3. The lowest BCUT2D eigenvalue weighted by Gasteiger charge is -2.00. The third kappa shape index (κ3) is 1.80. The lowest BCUT2D eigenvalue weighted by Crippen LogP contribution is -2.11. The summed E-state index contributed by atoms with van der Waals surface area (Å²) in [5, 5.41) is 12.6.